The van der Waals surface area contributed by atoms with Crippen molar-refractivity contribution in [2.75, 3.05) is 13.7 Å². The summed E-state index contributed by atoms with van der Waals surface area (Å²) in [4.78, 5) is 9.26. The zero-order valence-electron chi connectivity index (χ0n) is 20.0. The minimum Gasteiger partial charge on any atom is -0.221 e. The van der Waals surface area contributed by atoms with Crippen LogP contribution in [0.3, 0.4) is 0 Å². The van der Waals surface area contributed by atoms with E-state index in [4.69, 9.17) is 4.99 Å². The molecule has 0 fully saturated rings. The van der Waals surface area contributed by atoms with Crippen LogP contribution in [0.2, 0.25) is 0 Å². The maximum Gasteiger partial charge on any atom is 0.0732 e. The molecule has 0 amide bonds. The molecule has 3 heteroatoms. The lowest BCUT2D eigenvalue weighted by molar-refractivity contribution is -0.317. The Hall–Kier alpha value is -0.640. The second-order valence-electron chi connectivity index (χ2n) is 8.92. The molecule has 172 valence electrons. The van der Waals surface area contributed by atoms with Crippen LogP contribution in [0.4, 0.5) is 0 Å². The maximum absolute atomic E-state index is 4.72. The van der Waals surface area contributed by atoms with Crippen molar-refractivity contribution >= 4 is 0 Å². The lowest BCUT2D eigenvalue weighted by Gasteiger charge is -2.16. The summed E-state index contributed by atoms with van der Waals surface area (Å²) < 4.78 is 0. The predicted octanol–water partition coefficient (Wildman–Crippen LogP) is 8.47. The highest BCUT2D eigenvalue weighted by Gasteiger charge is 2.09. The van der Waals surface area contributed by atoms with E-state index in [1.165, 1.54) is 121 Å². The molecule has 0 aliphatic rings. The summed E-state index contributed by atoms with van der Waals surface area (Å²) in [5, 5.41) is 0. The summed E-state index contributed by atoms with van der Waals surface area (Å²) in [5.74, 6) is 0.592. The van der Waals surface area contributed by atoms with Crippen LogP contribution in [0.1, 0.15) is 123 Å². The van der Waals surface area contributed by atoms with Gasteiger partial charge >= 0.3 is 0 Å². The van der Waals surface area contributed by atoms with Gasteiger partial charge in [0.05, 0.1) is 7.11 Å². The Morgan fingerprint density at radius 3 is 1.55 bits per heavy atom. The van der Waals surface area contributed by atoms with Crippen LogP contribution in [0, 0.1) is 5.92 Å². The Morgan fingerprint density at radius 2 is 1.14 bits per heavy atom. The van der Waals surface area contributed by atoms with Crippen LogP contribution in [0.15, 0.2) is 24.3 Å². The van der Waals surface area contributed by atoms with E-state index >= 15 is 0 Å². The Balaban J connectivity index is 3.31. The van der Waals surface area contributed by atoms with Crippen LogP contribution >= 0.6 is 0 Å². The molecule has 0 spiro atoms. The van der Waals surface area contributed by atoms with E-state index in [2.05, 4.69) is 37.4 Å². The third-order valence-electron chi connectivity index (χ3n) is 5.84. The van der Waals surface area contributed by atoms with Gasteiger partial charge in [-0.1, -0.05) is 101 Å². The van der Waals surface area contributed by atoms with Gasteiger partial charge < -0.3 is 0 Å². The fourth-order valence-corrected chi connectivity index (χ4v) is 3.91. The minimum atomic E-state index is 0.592. The number of rotatable bonds is 23. The highest BCUT2D eigenvalue weighted by Crippen LogP contribution is 2.21. The number of allylic oxidation sites excluding steroid dienone is 2. The summed E-state index contributed by atoms with van der Waals surface area (Å²) in [6.45, 7) is 13.2. The number of hydroxylamine groups is 1. The van der Waals surface area contributed by atoms with Crippen molar-refractivity contribution in [1.29, 1.82) is 0 Å². The van der Waals surface area contributed by atoms with Gasteiger partial charge in [-0.2, -0.15) is 5.48 Å². The predicted molar refractivity (Wildman–Crippen MR) is 128 cm³/mol. The minimum absolute atomic E-state index is 0.592. The summed E-state index contributed by atoms with van der Waals surface area (Å²) in [7, 11) is 1.51. The zero-order chi connectivity index (χ0) is 21.6. The van der Waals surface area contributed by atoms with Gasteiger partial charge in [-0.3, -0.25) is 0 Å². The van der Waals surface area contributed by atoms with Crippen LogP contribution in [0.5, 0.6) is 0 Å². The summed E-state index contributed by atoms with van der Waals surface area (Å²) in [6, 6.07) is 0. The molecule has 1 atom stereocenters. The Kier molecular flexibility index (Phi) is 21.6. The van der Waals surface area contributed by atoms with Gasteiger partial charge in [0.1, 0.15) is 0 Å². The first-order valence-electron chi connectivity index (χ1n) is 12.3. The van der Waals surface area contributed by atoms with Gasteiger partial charge in [-0.25, -0.2) is 4.89 Å². The Bertz CT molecular complexity index is 381. The molecule has 0 heterocycles. The van der Waals surface area contributed by atoms with Crippen molar-refractivity contribution in [1.82, 2.24) is 5.48 Å². The van der Waals surface area contributed by atoms with Crippen molar-refractivity contribution in [3.05, 3.63) is 24.3 Å². The first-order chi connectivity index (χ1) is 14.1. The smallest absolute Gasteiger partial charge is 0.0732 e. The Labute approximate surface area is 182 Å². The molecule has 0 saturated carbocycles. The normalized spacial score (nSPS) is 12.2. The lowest BCUT2D eigenvalue weighted by atomic mass is 9.91. The average Bonchev–Trinajstić information content (AvgIpc) is 2.68. The molecule has 0 bridgehead atoms. The lowest BCUT2D eigenvalue weighted by Crippen LogP contribution is -2.18. The molecular formula is C26H51NO2. The third-order valence-corrected chi connectivity index (χ3v) is 5.84. The van der Waals surface area contributed by atoms with E-state index in [9.17, 15) is 0 Å². The van der Waals surface area contributed by atoms with E-state index in [0.29, 0.717) is 5.92 Å². The van der Waals surface area contributed by atoms with E-state index in [1.807, 2.05) is 0 Å². The fourth-order valence-electron chi connectivity index (χ4n) is 3.91. The number of nitrogens with one attached hydrogen (secondary N) is 1. The molecule has 1 N–H and O–H groups in total. The molecule has 0 aromatic heterocycles. The van der Waals surface area contributed by atoms with Crippen molar-refractivity contribution in [2.24, 2.45) is 5.92 Å². The highest BCUT2D eigenvalue weighted by molar-refractivity contribution is 4.95. The van der Waals surface area contributed by atoms with Crippen LogP contribution in [0.25, 0.3) is 0 Å². The van der Waals surface area contributed by atoms with Crippen molar-refractivity contribution in [3.8, 4) is 0 Å². The second kappa shape index (κ2) is 22.1. The molecule has 0 aliphatic heterocycles. The van der Waals surface area contributed by atoms with Gasteiger partial charge in [-0.15, -0.1) is 11.6 Å². The molecule has 0 aromatic rings. The van der Waals surface area contributed by atoms with Crippen molar-refractivity contribution in [3.63, 3.8) is 0 Å². The quantitative estimate of drug-likeness (QED) is 0.0794. The highest BCUT2D eigenvalue weighted by atomic mass is 17.3. The molecule has 0 aliphatic carbocycles. The van der Waals surface area contributed by atoms with E-state index in [-0.39, 0.29) is 0 Å². The van der Waals surface area contributed by atoms with E-state index in [1.54, 1.807) is 0 Å². The molecule has 0 radical (unpaired) electrons. The average molecular weight is 410 g/mol. The summed E-state index contributed by atoms with van der Waals surface area (Å²) in [5.41, 5.74) is 5.44. The topological polar surface area (TPSA) is 30.5 Å². The molecule has 3 nitrogen and oxygen atoms in total. The van der Waals surface area contributed by atoms with Crippen LogP contribution < -0.4 is 5.48 Å². The summed E-state index contributed by atoms with van der Waals surface area (Å²) in [6.07, 6.45) is 23.2. The standard InChI is InChI=1S/C26H51NO2/c1-24(2)20-18-16-14-12-10-8-6-7-9-11-13-15-17-19-21-26(25(3)4)22-23-27-29-28-5/h26-27H,1,3,6-23H2,2,4-5H3. The van der Waals surface area contributed by atoms with Gasteiger partial charge in [0.2, 0.25) is 0 Å². The van der Waals surface area contributed by atoms with Gasteiger partial charge in [-0.05, 0) is 45.4 Å². The van der Waals surface area contributed by atoms with Gasteiger partial charge in [0.25, 0.3) is 0 Å². The van der Waals surface area contributed by atoms with Gasteiger partial charge in [0, 0.05) is 6.54 Å². The van der Waals surface area contributed by atoms with Crippen LogP contribution in [-0.4, -0.2) is 13.7 Å². The fraction of sp³-hybridized carbons (Fsp3) is 0.846. The molecule has 1 unspecified atom stereocenters. The largest absolute Gasteiger partial charge is 0.221 e. The first-order valence-corrected chi connectivity index (χ1v) is 12.3. The van der Waals surface area contributed by atoms with E-state index in [0.717, 1.165) is 13.0 Å². The SMILES string of the molecule is C=C(C)CCCCCCCCCCCCCCCCC(CCNOOC)C(=C)C. The molecular weight excluding hydrogens is 358 g/mol. The van der Waals surface area contributed by atoms with Crippen molar-refractivity contribution < 1.29 is 9.88 Å². The summed E-state index contributed by atoms with van der Waals surface area (Å²) >= 11 is 0. The molecule has 0 saturated heterocycles. The number of unbranched alkanes of at least 4 members (excludes halogenated alkanes) is 13. The number of hydrogen-bond acceptors (Lipinski definition) is 3. The monoisotopic (exact) mass is 409 g/mol. The van der Waals surface area contributed by atoms with Gasteiger partial charge in [0.15, 0.2) is 0 Å². The third kappa shape index (κ3) is 21.9. The first kappa shape index (κ1) is 28.4. The number of hydrogen-bond donors (Lipinski definition) is 1. The second-order valence-corrected chi connectivity index (χ2v) is 8.92. The molecule has 29 heavy (non-hydrogen) atoms. The molecule has 0 rings (SSSR count). The van der Waals surface area contributed by atoms with E-state index < -0.39 is 0 Å². The molecule has 0 aromatic carbocycles. The Morgan fingerprint density at radius 1 is 0.690 bits per heavy atom. The maximum atomic E-state index is 4.72. The van der Waals surface area contributed by atoms with Crippen molar-refractivity contribution in [2.45, 2.75) is 123 Å². The van der Waals surface area contributed by atoms with Crippen LogP contribution in [-0.2, 0) is 9.88 Å². The zero-order valence-corrected chi connectivity index (χ0v) is 20.0.